The van der Waals surface area contributed by atoms with Gasteiger partial charge < -0.3 is 23.7 Å². The zero-order valence-electron chi connectivity index (χ0n) is 21.8. The highest BCUT2D eigenvalue weighted by molar-refractivity contribution is 5.90. The van der Waals surface area contributed by atoms with E-state index in [-0.39, 0.29) is 29.5 Å². The number of hydrogen-bond acceptors (Lipinski definition) is 7. The highest BCUT2D eigenvalue weighted by atomic mass is 16.5. The van der Waals surface area contributed by atoms with E-state index in [2.05, 4.69) is 0 Å². The number of rotatable bonds is 7. The van der Waals surface area contributed by atoms with Gasteiger partial charge in [0.05, 0.1) is 31.1 Å². The van der Waals surface area contributed by atoms with Gasteiger partial charge in [-0.3, -0.25) is 9.59 Å². The summed E-state index contributed by atoms with van der Waals surface area (Å²) in [6, 6.07) is 25.1. The summed E-state index contributed by atoms with van der Waals surface area (Å²) in [5.74, 6) is 1.34. The summed E-state index contributed by atoms with van der Waals surface area (Å²) >= 11 is 0. The van der Waals surface area contributed by atoms with Gasteiger partial charge in [-0.25, -0.2) is 0 Å². The maximum atomic E-state index is 13.4. The lowest BCUT2D eigenvalue weighted by Gasteiger charge is -2.25. The summed E-state index contributed by atoms with van der Waals surface area (Å²) in [5, 5.41) is 10.00. The van der Waals surface area contributed by atoms with E-state index >= 15 is 0 Å². The van der Waals surface area contributed by atoms with Crippen molar-refractivity contribution in [1.29, 1.82) is 0 Å². The van der Waals surface area contributed by atoms with Crippen LogP contribution in [0.4, 0.5) is 0 Å². The normalized spacial score (nSPS) is 14.4. The first-order valence-electron chi connectivity index (χ1n) is 12.9. The Balaban J connectivity index is 1.27. The van der Waals surface area contributed by atoms with Gasteiger partial charge in [-0.15, -0.1) is 0 Å². The Morgan fingerprint density at radius 2 is 1.60 bits per heavy atom. The van der Waals surface area contributed by atoms with E-state index in [9.17, 15) is 14.7 Å². The van der Waals surface area contributed by atoms with Crippen LogP contribution in [0, 0.1) is 0 Å². The Bertz CT molecular complexity index is 1730. The minimum Gasteiger partial charge on any atom is -0.508 e. The molecule has 6 rings (SSSR count). The molecule has 0 saturated heterocycles. The van der Waals surface area contributed by atoms with Gasteiger partial charge in [0, 0.05) is 17.9 Å². The zero-order valence-corrected chi connectivity index (χ0v) is 21.8. The molecule has 0 aliphatic carbocycles. The third-order valence-electron chi connectivity index (χ3n) is 7.16. The number of ether oxygens (including phenoxy) is 3. The first kappa shape index (κ1) is 25.2. The average molecular weight is 535 g/mol. The summed E-state index contributed by atoms with van der Waals surface area (Å²) in [4.78, 5) is 25.9. The Morgan fingerprint density at radius 3 is 2.33 bits per heavy atom. The molecule has 7 heteroatoms. The molecular weight excluding hydrogens is 508 g/mol. The lowest BCUT2D eigenvalue weighted by Crippen LogP contribution is -2.22. The van der Waals surface area contributed by atoms with Gasteiger partial charge in [-0.05, 0) is 65.2 Å². The second-order valence-corrected chi connectivity index (χ2v) is 9.63. The molecule has 0 bridgehead atoms. The van der Waals surface area contributed by atoms with Gasteiger partial charge in [-0.1, -0.05) is 36.4 Å². The summed E-state index contributed by atoms with van der Waals surface area (Å²) in [5.41, 5.74) is 3.91. The minimum atomic E-state index is -0.351. The minimum absolute atomic E-state index is 0.112. The molecule has 0 radical (unpaired) electrons. The molecule has 1 aliphatic heterocycles. The summed E-state index contributed by atoms with van der Waals surface area (Å²) in [7, 11) is 1.64. The number of aromatic hydroxyl groups is 1. The molecule has 2 heterocycles. The Hall–Kier alpha value is -5.04. The van der Waals surface area contributed by atoms with Crippen molar-refractivity contribution in [3.05, 3.63) is 118 Å². The maximum Gasteiger partial charge on any atom is 0.312 e. The van der Waals surface area contributed by atoms with E-state index in [1.807, 2.05) is 48.5 Å². The van der Waals surface area contributed by atoms with Crippen LogP contribution < -0.4 is 19.6 Å². The number of esters is 1. The number of carbonyl (C=O) groups excluding carboxylic acids is 1. The number of methoxy groups -OCH3 is 1. The largest absolute Gasteiger partial charge is 0.508 e. The Morgan fingerprint density at radius 1 is 0.875 bits per heavy atom. The highest BCUT2D eigenvalue weighted by Crippen LogP contribution is 2.43. The fourth-order valence-corrected chi connectivity index (χ4v) is 5.06. The number of benzene rings is 4. The van der Waals surface area contributed by atoms with Crippen molar-refractivity contribution in [3.8, 4) is 34.1 Å². The third-order valence-corrected chi connectivity index (χ3v) is 7.16. The van der Waals surface area contributed by atoms with Gasteiger partial charge in [0.1, 0.15) is 34.8 Å². The predicted octanol–water partition coefficient (Wildman–Crippen LogP) is 6.24. The van der Waals surface area contributed by atoms with Crippen LogP contribution in [0.15, 0.2) is 100 Å². The first-order valence-corrected chi connectivity index (χ1v) is 12.9. The zero-order chi connectivity index (χ0) is 27.6. The van der Waals surface area contributed by atoms with Gasteiger partial charge in [-0.2, -0.15) is 0 Å². The Kier molecular flexibility index (Phi) is 6.70. The lowest BCUT2D eigenvalue weighted by molar-refractivity contribution is -0.135. The summed E-state index contributed by atoms with van der Waals surface area (Å²) < 4.78 is 22.7. The van der Waals surface area contributed by atoms with Crippen molar-refractivity contribution in [1.82, 2.24) is 0 Å². The molecule has 0 spiro atoms. The number of phenolic OH excluding ortho intramolecular Hbond substituents is 1. The molecular formula is C33H26O7. The van der Waals surface area contributed by atoms with Gasteiger partial charge in [0.15, 0.2) is 0 Å². The molecule has 0 saturated carbocycles. The third kappa shape index (κ3) is 4.89. The van der Waals surface area contributed by atoms with Crippen molar-refractivity contribution < 1.29 is 28.5 Å². The molecule has 1 aliphatic rings. The fourth-order valence-electron chi connectivity index (χ4n) is 5.06. The van der Waals surface area contributed by atoms with E-state index < -0.39 is 0 Å². The van der Waals surface area contributed by atoms with Crippen LogP contribution in [0.25, 0.3) is 22.1 Å². The quantitative estimate of drug-likeness (QED) is 0.195. The molecule has 0 fully saturated rings. The predicted molar refractivity (Wildman–Crippen MR) is 150 cm³/mol. The van der Waals surface area contributed by atoms with Gasteiger partial charge >= 0.3 is 5.97 Å². The van der Waals surface area contributed by atoms with Crippen molar-refractivity contribution in [2.24, 2.45) is 0 Å². The molecule has 40 heavy (non-hydrogen) atoms. The second kappa shape index (κ2) is 10.6. The smallest absolute Gasteiger partial charge is 0.312 e. The van der Waals surface area contributed by atoms with E-state index in [1.165, 1.54) is 18.4 Å². The van der Waals surface area contributed by atoms with Crippen LogP contribution in [0.1, 0.15) is 29.0 Å². The first-order chi connectivity index (χ1) is 19.5. The lowest BCUT2D eigenvalue weighted by atomic mass is 9.85. The van der Waals surface area contributed by atoms with Gasteiger partial charge in [0.25, 0.3) is 0 Å². The molecule has 7 nitrogen and oxygen atoms in total. The molecule has 1 aromatic heterocycles. The molecule has 1 N–H and O–H groups in total. The number of fused-ring (bicyclic) bond motifs is 3. The van der Waals surface area contributed by atoms with Crippen LogP contribution in [0.3, 0.4) is 0 Å². The molecule has 1 unspecified atom stereocenters. The van der Waals surface area contributed by atoms with Gasteiger partial charge in [0.2, 0.25) is 5.43 Å². The van der Waals surface area contributed by atoms with Crippen molar-refractivity contribution in [2.45, 2.75) is 18.8 Å². The van der Waals surface area contributed by atoms with Crippen LogP contribution in [-0.2, 0) is 11.2 Å². The number of hydrogen-bond donors (Lipinski definition) is 1. The fraction of sp³-hybridized carbons (Fsp3) is 0.152. The Labute approximate surface area is 230 Å². The van der Waals surface area contributed by atoms with E-state index in [0.717, 1.165) is 29.0 Å². The van der Waals surface area contributed by atoms with Crippen molar-refractivity contribution in [3.63, 3.8) is 0 Å². The van der Waals surface area contributed by atoms with Crippen molar-refractivity contribution in [2.75, 3.05) is 13.7 Å². The van der Waals surface area contributed by atoms with Crippen molar-refractivity contribution >= 4 is 16.9 Å². The van der Waals surface area contributed by atoms with Crippen LogP contribution in [-0.4, -0.2) is 24.8 Å². The SMILES string of the molecule is COc1ccc(CCOc2ccc(C3CC(=O)Oc4ccc5c(=O)c(-c6ccc(O)cc6)coc5c43)cc2)cc1. The molecule has 0 amide bonds. The molecule has 5 aromatic rings. The van der Waals surface area contributed by atoms with Crippen LogP contribution in [0.2, 0.25) is 0 Å². The number of carbonyl (C=O) groups is 1. The maximum absolute atomic E-state index is 13.4. The van der Waals surface area contributed by atoms with Crippen LogP contribution >= 0.6 is 0 Å². The monoisotopic (exact) mass is 534 g/mol. The highest BCUT2D eigenvalue weighted by Gasteiger charge is 2.32. The van der Waals surface area contributed by atoms with Crippen LogP contribution in [0.5, 0.6) is 23.0 Å². The molecule has 4 aromatic carbocycles. The van der Waals surface area contributed by atoms with E-state index in [4.69, 9.17) is 18.6 Å². The number of phenols is 1. The standard InChI is InChI=1S/C33H26O7/c1-37-24-10-2-20(3-11-24)16-17-38-25-12-6-21(7-13-25)27-18-30(35)40-29-15-14-26-32(36)28(19-39-33(26)31(27)29)22-4-8-23(34)9-5-22/h2-15,19,27,34H,16-18H2,1H3. The summed E-state index contributed by atoms with van der Waals surface area (Å²) in [6.45, 7) is 0.517. The molecule has 1 atom stereocenters. The molecule has 200 valence electrons. The van der Waals surface area contributed by atoms with E-state index in [0.29, 0.717) is 40.0 Å². The average Bonchev–Trinajstić information content (AvgIpc) is 2.98. The second-order valence-electron chi connectivity index (χ2n) is 9.63. The van der Waals surface area contributed by atoms with E-state index in [1.54, 1.807) is 31.4 Å². The summed E-state index contributed by atoms with van der Waals surface area (Å²) in [6.07, 6.45) is 2.29. The topological polar surface area (TPSA) is 95.2 Å².